The van der Waals surface area contributed by atoms with Gasteiger partial charge in [0.1, 0.15) is 0 Å². The molecule has 1 rings (SSSR count). The SMILES string of the molecule is C=C(Br)CNc1nc(C)cc(OC(C)C)n1. The molecule has 0 fully saturated rings. The summed E-state index contributed by atoms with van der Waals surface area (Å²) in [6, 6.07) is 1.81. The lowest BCUT2D eigenvalue weighted by molar-refractivity contribution is 0.232. The van der Waals surface area contributed by atoms with E-state index in [1.807, 2.05) is 26.8 Å². The van der Waals surface area contributed by atoms with E-state index >= 15 is 0 Å². The van der Waals surface area contributed by atoms with E-state index in [9.17, 15) is 0 Å². The van der Waals surface area contributed by atoms with Crippen molar-refractivity contribution in [2.45, 2.75) is 26.9 Å². The molecule has 4 nitrogen and oxygen atoms in total. The molecule has 0 bridgehead atoms. The standard InChI is InChI=1S/C11H16BrN3O/c1-7(2)16-10-5-9(4)14-11(15-10)13-6-8(3)12/h5,7H,3,6H2,1-2,4H3,(H,13,14,15). The molecule has 0 unspecified atom stereocenters. The van der Waals surface area contributed by atoms with Crippen LogP contribution in [0.4, 0.5) is 5.95 Å². The van der Waals surface area contributed by atoms with Crippen LogP contribution in [0, 0.1) is 6.92 Å². The second-order valence-corrected chi connectivity index (χ2v) is 4.83. The van der Waals surface area contributed by atoms with Gasteiger partial charge < -0.3 is 10.1 Å². The fourth-order valence-electron chi connectivity index (χ4n) is 1.10. The number of rotatable bonds is 5. The highest BCUT2D eigenvalue weighted by Crippen LogP contribution is 2.14. The molecule has 0 aliphatic rings. The first-order valence-electron chi connectivity index (χ1n) is 5.07. The molecule has 0 saturated carbocycles. The number of halogens is 1. The van der Waals surface area contributed by atoms with Crippen LogP contribution < -0.4 is 10.1 Å². The van der Waals surface area contributed by atoms with Gasteiger partial charge in [0.25, 0.3) is 0 Å². The lowest BCUT2D eigenvalue weighted by atomic mass is 10.4. The summed E-state index contributed by atoms with van der Waals surface area (Å²) < 4.78 is 6.37. The number of anilines is 1. The molecule has 0 radical (unpaired) electrons. The number of hydrogen-bond acceptors (Lipinski definition) is 4. The summed E-state index contributed by atoms with van der Waals surface area (Å²) in [5.74, 6) is 1.14. The molecular weight excluding hydrogens is 270 g/mol. The third-order valence-corrected chi connectivity index (χ3v) is 1.91. The van der Waals surface area contributed by atoms with Crippen molar-refractivity contribution in [2.24, 2.45) is 0 Å². The average Bonchev–Trinajstić information content (AvgIpc) is 2.12. The van der Waals surface area contributed by atoms with E-state index in [4.69, 9.17) is 4.74 Å². The van der Waals surface area contributed by atoms with Crippen LogP contribution >= 0.6 is 15.9 Å². The molecule has 0 aromatic carbocycles. The average molecular weight is 286 g/mol. The lowest BCUT2D eigenvalue weighted by Crippen LogP contribution is -2.10. The Bertz CT molecular complexity index is 379. The van der Waals surface area contributed by atoms with Gasteiger partial charge in [0.15, 0.2) is 0 Å². The van der Waals surface area contributed by atoms with E-state index in [1.165, 1.54) is 0 Å². The summed E-state index contributed by atoms with van der Waals surface area (Å²) in [4.78, 5) is 8.49. The highest BCUT2D eigenvalue weighted by molar-refractivity contribution is 9.11. The molecular formula is C11H16BrN3O. The van der Waals surface area contributed by atoms with Gasteiger partial charge in [-0.25, -0.2) is 4.98 Å². The molecule has 1 N–H and O–H groups in total. The Hall–Kier alpha value is -1.10. The maximum absolute atomic E-state index is 5.52. The minimum atomic E-state index is 0.105. The Balaban J connectivity index is 2.77. The van der Waals surface area contributed by atoms with Crippen LogP contribution in [-0.2, 0) is 0 Å². The summed E-state index contributed by atoms with van der Waals surface area (Å²) in [6.45, 7) is 10.2. The molecule has 0 atom stereocenters. The predicted molar refractivity (Wildman–Crippen MR) is 69.1 cm³/mol. The fourth-order valence-corrected chi connectivity index (χ4v) is 1.24. The molecule has 0 spiro atoms. The summed E-state index contributed by atoms with van der Waals surface area (Å²) in [5.41, 5.74) is 0.869. The predicted octanol–water partition coefficient (Wildman–Crippen LogP) is 2.89. The molecule has 5 heteroatoms. The fraction of sp³-hybridized carbons (Fsp3) is 0.455. The molecule has 1 aromatic heterocycles. The summed E-state index contributed by atoms with van der Waals surface area (Å²) in [7, 11) is 0. The van der Waals surface area contributed by atoms with Crippen molar-refractivity contribution in [1.82, 2.24) is 9.97 Å². The molecule has 0 amide bonds. The van der Waals surface area contributed by atoms with Gasteiger partial charge >= 0.3 is 0 Å². The summed E-state index contributed by atoms with van der Waals surface area (Å²) in [6.07, 6.45) is 0.105. The zero-order valence-corrected chi connectivity index (χ0v) is 11.3. The van der Waals surface area contributed by atoms with E-state index in [0.29, 0.717) is 18.4 Å². The van der Waals surface area contributed by atoms with Crippen LogP contribution in [0.5, 0.6) is 5.88 Å². The van der Waals surface area contributed by atoms with Crippen molar-refractivity contribution in [3.8, 4) is 5.88 Å². The Morgan fingerprint density at radius 3 is 2.81 bits per heavy atom. The molecule has 1 heterocycles. The van der Waals surface area contributed by atoms with Crippen LogP contribution in [0.3, 0.4) is 0 Å². The largest absolute Gasteiger partial charge is 0.475 e. The van der Waals surface area contributed by atoms with E-state index in [1.54, 1.807) is 0 Å². The second kappa shape index (κ2) is 5.84. The monoisotopic (exact) mass is 285 g/mol. The molecule has 1 aromatic rings. The first-order valence-corrected chi connectivity index (χ1v) is 5.86. The van der Waals surface area contributed by atoms with Crippen LogP contribution in [0.2, 0.25) is 0 Å². The topological polar surface area (TPSA) is 47.0 Å². The van der Waals surface area contributed by atoms with Gasteiger partial charge in [-0.3, -0.25) is 0 Å². The number of nitrogens with one attached hydrogen (secondary N) is 1. The molecule has 0 aliphatic carbocycles. The molecule has 0 saturated heterocycles. The first kappa shape index (κ1) is 13.0. The quantitative estimate of drug-likeness (QED) is 0.904. The van der Waals surface area contributed by atoms with E-state index < -0.39 is 0 Å². The third kappa shape index (κ3) is 4.61. The number of hydrogen-bond donors (Lipinski definition) is 1. The maximum atomic E-state index is 5.52. The normalized spacial score (nSPS) is 10.3. The van der Waals surface area contributed by atoms with Crippen LogP contribution in [0.15, 0.2) is 17.1 Å². The molecule has 16 heavy (non-hydrogen) atoms. The van der Waals surface area contributed by atoms with Gasteiger partial charge in [-0.05, 0) is 20.8 Å². The van der Waals surface area contributed by atoms with Crippen LogP contribution in [0.1, 0.15) is 19.5 Å². The van der Waals surface area contributed by atoms with Crippen molar-refractivity contribution >= 4 is 21.9 Å². The van der Waals surface area contributed by atoms with E-state index in [-0.39, 0.29) is 6.10 Å². The third-order valence-electron chi connectivity index (χ3n) is 1.63. The van der Waals surface area contributed by atoms with Gasteiger partial charge in [0.05, 0.1) is 6.10 Å². The Labute approximate surface area is 104 Å². The van der Waals surface area contributed by atoms with Crippen molar-refractivity contribution in [2.75, 3.05) is 11.9 Å². The Morgan fingerprint density at radius 1 is 1.56 bits per heavy atom. The van der Waals surface area contributed by atoms with Gasteiger partial charge in [0, 0.05) is 22.8 Å². The zero-order valence-electron chi connectivity index (χ0n) is 9.75. The van der Waals surface area contributed by atoms with Crippen molar-refractivity contribution in [1.29, 1.82) is 0 Å². The van der Waals surface area contributed by atoms with E-state index in [2.05, 4.69) is 37.8 Å². The van der Waals surface area contributed by atoms with Gasteiger partial charge in [-0.2, -0.15) is 4.98 Å². The number of ether oxygens (including phenoxy) is 1. The minimum absolute atomic E-state index is 0.105. The maximum Gasteiger partial charge on any atom is 0.226 e. The molecule has 88 valence electrons. The number of aromatic nitrogens is 2. The summed E-state index contributed by atoms with van der Waals surface area (Å²) in [5, 5.41) is 3.05. The van der Waals surface area contributed by atoms with Crippen molar-refractivity contribution in [3.05, 3.63) is 22.8 Å². The van der Waals surface area contributed by atoms with Crippen LogP contribution in [0.25, 0.3) is 0 Å². The lowest BCUT2D eigenvalue weighted by Gasteiger charge is -2.11. The van der Waals surface area contributed by atoms with Crippen molar-refractivity contribution < 1.29 is 4.74 Å². The highest BCUT2D eigenvalue weighted by Gasteiger charge is 2.04. The number of nitrogens with zero attached hydrogens (tertiary/aromatic N) is 2. The van der Waals surface area contributed by atoms with Gasteiger partial charge in [0.2, 0.25) is 11.8 Å². The van der Waals surface area contributed by atoms with E-state index in [0.717, 1.165) is 10.2 Å². The zero-order chi connectivity index (χ0) is 12.1. The first-order chi connectivity index (χ1) is 7.47. The highest BCUT2D eigenvalue weighted by atomic mass is 79.9. The smallest absolute Gasteiger partial charge is 0.226 e. The Kier molecular flexibility index (Phi) is 4.73. The Morgan fingerprint density at radius 2 is 2.25 bits per heavy atom. The van der Waals surface area contributed by atoms with Gasteiger partial charge in [-0.15, -0.1) is 0 Å². The van der Waals surface area contributed by atoms with Crippen molar-refractivity contribution in [3.63, 3.8) is 0 Å². The summed E-state index contributed by atoms with van der Waals surface area (Å²) >= 11 is 3.27. The van der Waals surface area contributed by atoms with Crippen LogP contribution in [-0.4, -0.2) is 22.6 Å². The minimum Gasteiger partial charge on any atom is -0.475 e. The van der Waals surface area contributed by atoms with Gasteiger partial charge in [-0.1, -0.05) is 22.5 Å². The number of aryl methyl sites for hydroxylation is 1. The second-order valence-electron chi connectivity index (χ2n) is 3.71. The molecule has 0 aliphatic heterocycles.